The van der Waals surface area contributed by atoms with E-state index in [0.717, 1.165) is 5.56 Å². The van der Waals surface area contributed by atoms with Crippen LogP contribution in [-0.2, 0) is 4.79 Å². The lowest BCUT2D eigenvalue weighted by Crippen LogP contribution is -2.36. The van der Waals surface area contributed by atoms with E-state index in [0.29, 0.717) is 11.0 Å². The lowest BCUT2D eigenvalue weighted by atomic mass is 10.1. The molecule has 1 atom stereocenters. The fraction of sp³-hybridized carbons (Fsp3) is 0.400. The van der Waals surface area contributed by atoms with Crippen molar-refractivity contribution in [1.82, 2.24) is 20.2 Å². The number of carbonyl (C=O) groups is 1. The summed E-state index contributed by atoms with van der Waals surface area (Å²) in [5.41, 5.74) is 2.06. The molecular weight excluding hydrogens is 298 g/mol. The van der Waals surface area contributed by atoms with Gasteiger partial charge in [-0.15, -0.1) is 10.2 Å². The molecule has 2 aromatic rings. The number of aromatic nitrogens is 3. The zero-order chi connectivity index (χ0) is 16.3. The number of amides is 1. The van der Waals surface area contributed by atoms with Crippen LogP contribution in [0.5, 0.6) is 0 Å². The Morgan fingerprint density at radius 2 is 1.86 bits per heavy atom. The maximum atomic E-state index is 12.0. The molecular formula is C15H21N5OS. The van der Waals surface area contributed by atoms with Gasteiger partial charge in [0.1, 0.15) is 0 Å². The van der Waals surface area contributed by atoms with Crippen LogP contribution in [0.3, 0.4) is 0 Å². The summed E-state index contributed by atoms with van der Waals surface area (Å²) in [5.74, 6) is 6.60. The molecule has 1 aromatic carbocycles. The molecule has 3 N–H and O–H groups in total. The van der Waals surface area contributed by atoms with Crippen LogP contribution in [-0.4, -0.2) is 32.1 Å². The number of nitrogens with zero attached hydrogens (tertiary/aromatic N) is 3. The molecule has 0 saturated carbocycles. The summed E-state index contributed by atoms with van der Waals surface area (Å²) in [7, 11) is 0. The van der Waals surface area contributed by atoms with Crippen LogP contribution < -0.4 is 11.2 Å². The molecule has 1 unspecified atom stereocenters. The van der Waals surface area contributed by atoms with E-state index in [-0.39, 0.29) is 17.2 Å². The van der Waals surface area contributed by atoms with E-state index in [9.17, 15) is 4.79 Å². The highest BCUT2D eigenvalue weighted by Gasteiger charge is 2.20. The number of carbonyl (C=O) groups excluding carboxylic acids is 1. The van der Waals surface area contributed by atoms with Crippen LogP contribution in [0.1, 0.15) is 26.3 Å². The molecule has 6 nitrogen and oxygen atoms in total. The zero-order valence-corrected chi connectivity index (χ0v) is 14.0. The highest BCUT2D eigenvalue weighted by molar-refractivity contribution is 8.00. The number of benzene rings is 1. The minimum absolute atomic E-state index is 0.0418. The Bertz CT molecular complexity index is 650. The van der Waals surface area contributed by atoms with E-state index in [1.54, 1.807) is 0 Å². The Balaban J connectivity index is 2.14. The number of hydrogen-bond donors (Lipinski definition) is 2. The Kier molecular flexibility index (Phi) is 5.07. The predicted molar refractivity (Wildman–Crippen MR) is 88.9 cm³/mol. The normalized spacial score (nSPS) is 12.4. The molecule has 0 bridgehead atoms. The summed E-state index contributed by atoms with van der Waals surface area (Å²) >= 11 is 1.29. The Hall–Kier alpha value is -2.02. The second kappa shape index (κ2) is 6.83. The third-order valence-electron chi connectivity index (χ3n) is 3.06. The summed E-state index contributed by atoms with van der Waals surface area (Å²) < 4.78 is 1.43. The number of thioether (sulfide) groups is 1. The lowest BCUT2D eigenvalue weighted by molar-refractivity contribution is -0.120. The maximum absolute atomic E-state index is 12.0. The van der Waals surface area contributed by atoms with Crippen LogP contribution in [0.15, 0.2) is 29.4 Å². The second-order valence-electron chi connectivity index (χ2n) is 5.47. The molecule has 0 spiro atoms. The zero-order valence-electron chi connectivity index (χ0n) is 13.2. The molecule has 7 heteroatoms. The van der Waals surface area contributed by atoms with Crippen molar-refractivity contribution in [2.24, 2.45) is 0 Å². The van der Waals surface area contributed by atoms with E-state index in [1.807, 2.05) is 52.0 Å². The van der Waals surface area contributed by atoms with Crippen molar-refractivity contribution in [3.8, 4) is 11.4 Å². The van der Waals surface area contributed by atoms with E-state index >= 15 is 0 Å². The fourth-order valence-electron chi connectivity index (χ4n) is 1.87. The van der Waals surface area contributed by atoms with Gasteiger partial charge in [0, 0.05) is 11.6 Å². The molecule has 0 aliphatic rings. The van der Waals surface area contributed by atoms with Crippen molar-refractivity contribution in [3.63, 3.8) is 0 Å². The van der Waals surface area contributed by atoms with Gasteiger partial charge in [-0.05, 0) is 27.7 Å². The number of aryl methyl sites for hydroxylation is 1. The minimum Gasteiger partial charge on any atom is -0.353 e. The second-order valence-corrected chi connectivity index (χ2v) is 6.77. The summed E-state index contributed by atoms with van der Waals surface area (Å²) in [5, 5.41) is 11.3. The quantitative estimate of drug-likeness (QED) is 0.650. The third-order valence-corrected chi connectivity index (χ3v) is 4.11. The van der Waals surface area contributed by atoms with E-state index < -0.39 is 0 Å². The molecule has 118 valence electrons. The fourth-order valence-corrected chi connectivity index (χ4v) is 2.65. The molecule has 0 fully saturated rings. The van der Waals surface area contributed by atoms with Gasteiger partial charge in [-0.1, -0.05) is 41.6 Å². The lowest BCUT2D eigenvalue weighted by Gasteiger charge is -2.13. The van der Waals surface area contributed by atoms with Gasteiger partial charge in [-0.3, -0.25) is 4.79 Å². The van der Waals surface area contributed by atoms with Gasteiger partial charge in [0.15, 0.2) is 5.82 Å². The largest absolute Gasteiger partial charge is 0.353 e. The summed E-state index contributed by atoms with van der Waals surface area (Å²) in [4.78, 5) is 12.0. The van der Waals surface area contributed by atoms with Gasteiger partial charge < -0.3 is 11.2 Å². The van der Waals surface area contributed by atoms with Crippen molar-refractivity contribution in [3.05, 3.63) is 29.8 Å². The molecule has 2 rings (SSSR count). The Morgan fingerprint density at radius 1 is 1.23 bits per heavy atom. The van der Waals surface area contributed by atoms with Gasteiger partial charge in [0.05, 0.1) is 5.25 Å². The van der Waals surface area contributed by atoms with E-state index in [2.05, 4.69) is 15.5 Å². The predicted octanol–water partition coefficient (Wildman–Crippen LogP) is 1.97. The monoisotopic (exact) mass is 319 g/mol. The van der Waals surface area contributed by atoms with Crippen molar-refractivity contribution >= 4 is 17.7 Å². The highest BCUT2D eigenvalue weighted by Crippen LogP contribution is 2.24. The molecule has 0 radical (unpaired) electrons. The molecule has 1 aromatic heterocycles. The van der Waals surface area contributed by atoms with Crippen molar-refractivity contribution in [2.45, 2.75) is 44.1 Å². The van der Waals surface area contributed by atoms with Crippen LogP contribution in [0.25, 0.3) is 11.4 Å². The number of hydrogen-bond acceptors (Lipinski definition) is 5. The van der Waals surface area contributed by atoms with Crippen molar-refractivity contribution in [1.29, 1.82) is 0 Å². The summed E-state index contributed by atoms with van der Waals surface area (Å²) in [6.45, 7) is 7.70. The number of rotatable bonds is 5. The number of nitrogens with one attached hydrogen (secondary N) is 1. The highest BCUT2D eigenvalue weighted by atomic mass is 32.2. The van der Waals surface area contributed by atoms with Gasteiger partial charge in [0.25, 0.3) is 0 Å². The molecule has 0 aliphatic heterocycles. The van der Waals surface area contributed by atoms with Crippen LogP contribution in [0.2, 0.25) is 0 Å². The first-order valence-electron chi connectivity index (χ1n) is 7.13. The average molecular weight is 319 g/mol. The van der Waals surface area contributed by atoms with Crippen LogP contribution in [0, 0.1) is 6.92 Å². The number of nitrogen functional groups attached to an aromatic ring is 1. The molecule has 0 saturated heterocycles. The molecule has 1 heterocycles. The molecule has 0 aliphatic carbocycles. The third kappa shape index (κ3) is 3.79. The molecule has 22 heavy (non-hydrogen) atoms. The van der Waals surface area contributed by atoms with Gasteiger partial charge in [-0.25, -0.2) is 4.68 Å². The number of nitrogens with two attached hydrogens (primary N) is 1. The van der Waals surface area contributed by atoms with Crippen molar-refractivity contribution in [2.75, 3.05) is 5.84 Å². The van der Waals surface area contributed by atoms with Crippen LogP contribution in [0.4, 0.5) is 0 Å². The first kappa shape index (κ1) is 16.4. The Morgan fingerprint density at radius 3 is 2.45 bits per heavy atom. The summed E-state index contributed by atoms with van der Waals surface area (Å²) in [6.07, 6.45) is 0. The van der Waals surface area contributed by atoms with Gasteiger partial charge in [-0.2, -0.15) is 0 Å². The first-order valence-corrected chi connectivity index (χ1v) is 8.01. The molecule has 1 amide bonds. The van der Waals surface area contributed by atoms with Gasteiger partial charge in [0.2, 0.25) is 11.1 Å². The topological polar surface area (TPSA) is 85.8 Å². The van der Waals surface area contributed by atoms with Crippen molar-refractivity contribution < 1.29 is 4.79 Å². The average Bonchev–Trinajstić information content (AvgIpc) is 2.80. The van der Waals surface area contributed by atoms with E-state index in [1.165, 1.54) is 22.0 Å². The SMILES string of the molecule is Cc1ccc(-c2nnc(SC(C)C(=O)NC(C)C)n2N)cc1. The minimum atomic E-state index is -0.292. The maximum Gasteiger partial charge on any atom is 0.233 e. The smallest absolute Gasteiger partial charge is 0.233 e. The van der Waals surface area contributed by atoms with Gasteiger partial charge >= 0.3 is 0 Å². The first-order chi connectivity index (χ1) is 10.4. The summed E-state index contributed by atoms with van der Waals surface area (Å²) in [6, 6.07) is 8.00. The van der Waals surface area contributed by atoms with Crippen LogP contribution >= 0.6 is 11.8 Å². The van der Waals surface area contributed by atoms with E-state index in [4.69, 9.17) is 5.84 Å². The Labute approximate surface area is 134 Å². The standard InChI is InChI=1S/C15H21N5OS/c1-9(2)17-14(21)11(4)22-15-19-18-13(20(15)16)12-7-5-10(3)6-8-12/h5-9,11H,16H2,1-4H3,(H,17,21).